The van der Waals surface area contributed by atoms with Gasteiger partial charge in [-0.25, -0.2) is 9.19 Å². The second kappa shape index (κ2) is 5.51. The predicted molar refractivity (Wildman–Crippen MR) is 64.9 cm³/mol. The molecule has 0 radical (unpaired) electrons. The summed E-state index contributed by atoms with van der Waals surface area (Å²) >= 11 is 0. The molecule has 2 rings (SSSR count). The van der Waals surface area contributed by atoms with Crippen molar-refractivity contribution in [2.45, 2.75) is 0 Å². The maximum atomic E-state index is 10.8. The highest BCUT2D eigenvalue weighted by atomic mass is 31.2. The average molecular weight is 304 g/mol. The maximum absolute atomic E-state index is 10.8. The molecule has 3 N–H and O–H groups in total. The van der Waals surface area contributed by atoms with Gasteiger partial charge in [-0.2, -0.15) is 0 Å². The van der Waals surface area contributed by atoms with Gasteiger partial charge in [-0.3, -0.25) is 14.6 Å². The van der Waals surface area contributed by atoms with Crippen molar-refractivity contribution in [1.29, 1.82) is 0 Å². The van der Waals surface area contributed by atoms with Gasteiger partial charge in [0, 0.05) is 12.6 Å². The van der Waals surface area contributed by atoms with Gasteiger partial charge in [0.25, 0.3) is 0 Å². The Morgan fingerprint density at radius 1 is 1.40 bits per heavy atom. The van der Waals surface area contributed by atoms with Crippen molar-refractivity contribution < 1.29 is 28.4 Å². The molecule has 0 fully saturated rings. The zero-order valence-electron chi connectivity index (χ0n) is 9.79. The van der Waals surface area contributed by atoms with Gasteiger partial charge in [0.1, 0.15) is 0 Å². The van der Waals surface area contributed by atoms with Crippen molar-refractivity contribution >= 4 is 30.2 Å². The van der Waals surface area contributed by atoms with Crippen molar-refractivity contribution in [3.8, 4) is 0 Å². The standard InChI is InChI=1S/C8H9N4O7P/c13-12(14)6-2-1-5(7-8(6)11-19-10-7)9-3-4-18-20(15,16)17/h1-2,9H,3-4H2,(H2,15,16,17). The molecule has 0 saturated carbocycles. The summed E-state index contributed by atoms with van der Waals surface area (Å²) in [5.74, 6) is 0. The van der Waals surface area contributed by atoms with E-state index < -0.39 is 12.7 Å². The van der Waals surface area contributed by atoms with Crippen molar-refractivity contribution in [1.82, 2.24) is 10.3 Å². The number of fused-ring (bicyclic) bond motifs is 1. The molecular formula is C8H9N4O7P. The van der Waals surface area contributed by atoms with E-state index in [4.69, 9.17) is 9.79 Å². The smallest absolute Gasteiger partial charge is 0.381 e. The molecule has 11 nitrogen and oxygen atoms in total. The fourth-order valence-electron chi connectivity index (χ4n) is 1.49. The van der Waals surface area contributed by atoms with E-state index in [0.29, 0.717) is 5.69 Å². The lowest BCUT2D eigenvalue weighted by molar-refractivity contribution is -0.383. The van der Waals surface area contributed by atoms with E-state index in [9.17, 15) is 14.7 Å². The SMILES string of the molecule is O=[N+]([O-])c1ccc(NCCOP(=O)(O)O)c2nonc12. The molecule has 0 aliphatic heterocycles. The van der Waals surface area contributed by atoms with E-state index in [1.807, 2.05) is 0 Å². The Kier molecular flexibility index (Phi) is 3.95. The fourth-order valence-corrected chi connectivity index (χ4v) is 1.82. The van der Waals surface area contributed by atoms with E-state index in [2.05, 4.69) is 24.8 Å². The molecule has 0 aliphatic carbocycles. The molecule has 0 saturated heterocycles. The predicted octanol–water partition coefficient (Wildman–Crippen LogP) is 0.652. The lowest BCUT2D eigenvalue weighted by Gasteiger charge is -2.07. The van der Waals surface area contributed by atoms with Crippen LogP contribution in [0.1, 0.15) is 0 Å². The number of nitrogens with zero attached hydrogens (tertiary/aromatic N) is 3. The third-order valence-electron chi connectivity index (χ3n) is 2.27. The number of rotatable bonds is 6. The molecule has 0 unspecified atom stereocenters. The zero-order chi connectivity index (χ0) is 14.8. The minimum Gasteiger partial charge on any atom is -0.381 e. The van der Waals surface area contributed by atoms with Gasteiger partial charge in [-0.05, 0) is 16.4 Å². The van der Waals surface area contributed by atoms with Gasteiger partial charge in [-0.1, -0.05) is 0 Å². The summed E-state index contributed by atoms with van der Waals surface area (Å²) in [6.45, 7) is -0.196. The van der Waals surface area contributed by atoms with Crippen LogP contribution in [0.5, 0.6) is 0 Å². The normalized spacial score (nSPS) is 11.7. The van der Waals surface area contributed by atoms with E-state index in [0.717, 1.165) is 0 Å². The average Bonchev–Trinajstić information content (AvgIpc) is 2.82. The first-order valence-electron chi connectivity index (χ1n) is 5.22. The largest absolute Gasteiger partial charge is 0.469 e. The molecule has 0 spiro atoms. The fraction of sp³-hybridized carbons (Fsp3) is 0.250. The molecule has 1 heterocycles. The molecule has 20 heavy (non-hydrogen) atoms. The third-order valence-corrected chi connectivity index (χ3v) is 2.79. The number of hydrogen-bond acceptors (Lipinski definition) is 8. The van der Waals surface area contributed by atoms with Crippen LogP contribution in [0, 0.1) is 10.1 Å². The van der Waals surface area contributed by atoms with Crippen LogP contribution in [0.15, 0.2) is 16.8 Å². The molecule has 1 aromatic carbocycles. The Balaban J connectivity index is 2.12. The van der Waals surface area contributed by atoms with Gasteiger partial charge in [-0.15, -0.1) is 0 Å². The summed E-state index contributed by atoms with van der Waals surface area (Å²) in [7, 11) is -4.52. The van der Waals surface area contributed by atoms with E-state index in [1.165, 1.54) is 12.1 Å². The van der Waals surface area contributed by atoms with Crippen LogP contribution >= 0.6 is 7.82 Å². The molecule has 108 valence electrons. The number of non-ortho nitro benzene ring substituents is 1. The van der Waals surface area contributed by atoms with Crippen LogP contribution in [0.3, 0.4) is 0 Å². The molecule has 0 atom stereocenters. The monoisotopic (exact) mass is 304 g/mol. The van der Waals surface area contributed by atoms with Gasteiger partial charge in [0.15, 0.2) is 5.52 Å². The van der Waals surface area contributed by atoms with E-state index in [-0.39, 0.29) is 29.9 Å². The number of benzene rings is 1. The second-order valence-electron chi connectivity index (χ2n) is 3.60. The van der Waals surface area contributed by atoms with Crippen molar-refractivity contribution in [3.05, 3.63) is 22.2 Å². The number of nitro groups is 1. The lowest BCUT2D eigenvalue weighted by atomic mass is 10.2. The Bertz CT molecular complexity index is 681. The van der Waals surface area contributed by atoms with Crippen LogP contribution < -0.4 is 5.32 Å². The summed E-state index contributed by atoms with van der Waals surface area (Å²) in [6, 6.07) is 2.61. The Labute approximate surface area is 110 Å². The number of phosphoric acid groups is 1. The van der Waals surface area contributed by atoms with Crippen LogP contribution in [0.25, 0.3) is 11.0 Å². The van der Waals surface area contributed by atoms with Crippen LogP contribution in [-0.4, -0.2) is 38.2 Å². The summed E-state index contributed by atoms with van der Waals surface area (Å²) in [5, 5.41) is 20.5. The maximum Gasteiger partial charge on any atom is 0.469 e. The van der Waals surface area contributed by atoms with Gasteiger partial charge in [0.05, 0.1) is 17.2 Å². The molecule has 0 bridgehead atoms. The Hall–Kier alpha value is -2.07. The number of nitro benzene ring substituents is 1. The summed E-state index contributed by atoms with van der Waals surface area (Å²) in [4.78, 5) is 27.1. The Morgan fingerprint density at radius 2 is 2.10 bits per heavy atom. The minimum absolute atomic E-state index is 0.0177. The lowest BCUT2D eigenvalue weighted by Crippen LogP contribution is -2.08. The highest BCUT2D eigenvalue weighted by molar-refractivity contribution is 7.46. The zero-order valence-corrected chi connectivity index (χ0v) is 10.7. The molecular weight excluding hydrogens is 295 g/mol. The summed E-state index contributed by atoms with van der Waals surface area (Å²) < 4.78 is 19.2. The van der Waals surface area contributed by atoms with Crippen LogP contribution in [0.4, 0.5) is 11.4 Å². The molecule has 12 heteroatoms. The van der Waals surface area contributed by atoms with Crippen molar-refractivity contribution in [3.63, 3.8) is 0 Å². The number of nitrogens with one attached hydrogen (secondary N) is 1. The molecule has 0 amide bonds. The quantitative estimate of drug-likeness (QED) is 0.299. The first kappa shape index (κ1) is 14.3. The molecule has 1 aromatic heterocycles. The first-order valence-corrected chi connectivity index (χ1v) is 6.75. The van der Waals surface area contributed by atoms with E-state index >= 15 is 0 Å². The Morgan fingerprint density at radius 3 is 2.75 bits per heavy atom. The highest BCUT2D eigenvalue weighted by Gasteiger charge is 2.19. The highest BCUT2D eigenvalue weighted by Crippen LogP contribution is 2.35. The van der Waals surface area contributed by atoms with Gasteiger partial charge < -0.3 is 15.1 Å². The van der Waals surface area contributed by atoms with Gasteiger partial charge >= 0.3 is 13.5 Å². The summed E-state index contributed by atoms with van der Waals surface area (Å²) in [5.41, 5.74) is 0.255. The van der Waals surface area contributed by atoms with Gasteiger partial charge in [0.2, 0.25) is 5.52 Å². The number of phosphoric ester groups is 1. The minimum atomic E-state index is -4.52. The topological polar surface area (TPSA) is 161 Å². The summed E-state index contributed by atoms with van der Waals surface area (Å²) in [6.07, 6.45) is 0. The first-order chi connectivity index (χ1) is 9.38. The third kappa shape index (κ3) is 3.27. The number of aromatic nitrogens is 2. The van der Waals surface area contributed by atoms with Crippen LogP contribution in [-0.2, 0) is 9.09 Å². The van der Waals surface area contributed by atoms with Crippen molar-refractivity contribution in [2.24, 2.45) is 0 Å². The molecule has 0 aliphatic rings. The number of anilines is 1. The number of hydrogen-bond donors (Lipinski definition) is 3. The van der Waals surface area contributed by atoms with E-state index in [1.54, 1.807) is 0 Å². The second-order valence-corrected chi connectivity index (χ2v) is 4.84. The van der Waals surface area contributed by atoms with Crippen LogP contribution in [0.2, 0.25) is 0 Å². The van der Waals surface area contributed by atoms with Crippen molar-refractivity contribution in [2.75, 3.05) is 18.5 Å². The molecule has 2 aromatic rings.